The van der Waals surface area contributed by atoms with E-state index in [0.717, 1.165) is 25.0 Å². The highest BCUT2D eigenvalue weighted by atomic mass is 32.2. The van der Waals surface area contributed by atoms with Gasteiger partial charge in [-0.25, -0.2) is 13.4 Å². The molecule has 7 heteroatoms. The Bertz CT molecular complexity index is 620. The average Bonchev–Trinajstić information content (AvgIpc) is 2.96. The van der Waals surface area contributed by atoms with E-state index in [-0.39, 0.29) is 0 Å². The van der Waals surface area contributed by atoms with E-state index < -0.39 is 10.0 Å². The van der Waals surface area contributed by atoms with Crippen LogP contribution in [-0.4, -0.2) is 13.4 Å². The first-order valence-electron chi connectivity index (χ1n) is 5.70. The van der Waals surface area contributed by atoms with Gasteiger partial charge < -0.3 is 0 Å². The summed E-state index contributed by atoms with van der Waals surface area (Å²) in [5.41, 5.74) is 1.06. The lowest BCUT2D eigenvalue weighted by atomic mass is 10.0. The number of hydrogen-bond donors (Lipinski definition) is 1. The molecule has 0 aromatic carbocycles. The molecule has 1 aliphatic rings. The molecule has 0 amide bonds. The first-order valence-corrected chi connectivity index (χ1v) is 8.88. The van der Waals surface area contributed by atoms with Gasteiger partial charge >= 0.3 is 0 Å². The topological polar surface area (TPSA) is 59.1 Å². The SMILES string of the molecule is O=S(=O)(Nc1nc2c(s1)CCCC2)c1cccs1. The summed E-state index contributed by atoms with van der Waals surface area (Å²) in [6.07, 6.45) is 4.31. The summed E-state index contributed by atoms with van der Waals surface area (Å²) >= 11 is 2.67. The monoisotopic (exact) mass is 300 g/mol. The molecule has 1 aliphatic carbocycles. The van der Waals surface area contributed by atoms with Crippen molar-refractivity contribution in [2.24, 2.45) is 0 Å². The minimum absolute atomic E-state index is 0.329. The van der Waals surface area contributed by atoms with E-state index in [4.69, 9.17) is 0 Å². The minimum Gasteiger partial charge on any atom is -0.254 e. The predicted octanol–water partition coefficient (Wildman–Crippen LogP) is 2.88. The number of thiophene rings is 1. The summed E-state index contributed by atoms with van der Waals surface area (Å²) in [5, 5.41) is 2.25. The van der Waals surface area contributed by atoms with E-state index in [9.17, 15) is 8.42 Å². The fourth-order valence-electron chi connectivity index (χ4n) is 1.98. The molecule has 0 saturated heterocycles. The molecule has 4 nitrogen and oxygen atoms in total. The van der Waals surface area contributed by atoms with Gasteiger partial charge in [-0.3, -0.25) is 4.72 Å². The number of nitrogens with one attached hydrogen (secondary N) is 1. The van der Waals surface area contributed by atoms with Crippen molar-refractivity contribution in [3.63, 3.8) is 0 Å². The number of hydrogen-bond acceptors (Lipinski definition) is 5. The van der Waals surface area contributed by atoms with Crippen molar-refractivity contribution in [2.45, 2.75) is 29.9 Å². The van der Waals surface area contributed by atoms with Crippen molar-refractivity contribution in [2.75, 3.05) is 4.72 Å². The largest absolute Gasteiger partial charge is 0.273 e. The van der Waals surface area contributed by atoms with Crippen molar-refractivity contribution in [3.05, 3.63) is 28.1 Å². The summed E-state index contributed by atoms with van der Waals surface area (Å²) < 4.78 is 27.0. The maximum atomic E-state index is 12.0. The fourth-order valence-corrected chi connectivity index (χ4v) is 5.25. The van der Waals surface area contributed by atoms with Crippen LogP contribution in [0.15, 0.2) is 21.7 Å². The Hall–Kier alpha value is -0.920. The first kappa shape index (κ1) is 12.1. The number of rotatable bonds is 3. The lowest BCUT2D eigenvalue weighted by Gasteiger charge is -2.06. The number of sulfonamides is 1. The molecule has 2 aromatic rings. The van der Waals surface area contributed by atoms with Gasteiger partial charge in [-0.15, -0.1) is 22.7 Å². The molecule has 0 fully saturated rings. The third-order valence-electron chi connectivity index (χ3n) is 2.83. The highest BCUT2D eigenvalue weighted by Crippen LogP contribution is 2.31. The van der Waals surface area contributed by atoms with Crippen LogP contribution in [0.1, 0.15) is 23.4 Å². The van der Waals surface area contributed by atoms with E-state index in [1.54, 1.807) is 17.5 Å². The van der Waals surface area contributed by atoms with Crippen molar-refractivity contribution in [1.29, 1.82) is 0 Å². The Labute approximate surface area is 114 Å². The van der Waals surface area contributed by atoms with Crippen LogP contribution in [0.4, 0.5) is 5.13 Å². The van der Waals surface area contributed by atoms with Gasteiger partial charge in [-0.1, -0.05) is 6.07 Å². The molecule has 0 spiro atoms. The van der Waals surface area contributed by atoms with Crippen LogP contribution in [0, 0.1) is 0 Å². The van der Waals surface area contributed by atoms with E-state index in [1.807, 2.05) is 0 Å². The standard InChI is InChI=1S/C11H12N2O2S3/c14-18(15,10-6-3-7-16-10)13-11-12-8-4-1-2-5-9(8)17-11/h3,6-7H,1-2,4-5H2,(H,12,13). The van der Waals surface area contributed by atoms with E-state index in [0.29, 0.717) is 9.34 Å². The van der Waals surface area contributed by atoms with Gasteiger partial charge in [0.05, 0.1) is 5.69 Å². The second kappa shape index (κ2) is 4.64. The molecule has 0 saturated carbocycles. The molecule has 18 heavy (non-hydrogen) atoms. The fraction of sp³-hybridized carbons (Fsp3) is 0.364. The molecular weight excluding hydrogens is 288 g/mol. The molecule has 0 aliphatic heterocycles. The molecule has 3 rings (SSSR count). The van der Waals surface area contributed by atoms with Crippen LogP contribution in [0.25, 0.3) is 0 Å². The van der Waals surface area contributed by atoms with Gasteiger partial charge in [0.2, 0.25) is 0 Å². The third kappa shape index (κ3) is 2.30. The molecule has 2 heterocycles. The van der Waals surface area contributed by atoms with Gasteiger partial charge in [0.15, 0.2) is 5.13 Å². The van der Waals surface area contributed by atoms with Crippen molar-refractivity contribution >= 4 is 37.8 Å². The molecular formula is C11H12N2O2S3. The normalized spacial score (nSPS) is 15.3. The van der Waals surface area contributed by atoms with Crippen LogP contribution >= 0.6 is 22.7 Å². The Morgan fingerprint density at radius 2 is 2.11 bits per heavy atom. The number of thiazole rings is 1. The molecule has 0 bridgehead atoms. The Kier molecular flexibility index (Phi) is 3.13. The maximum Gasteiger partial charge on any atom is 0.273 e. The molecule has 0 unspecified atom stereocenters. The van der Waals surface area contributed by atoms with Gasteiger partial charge in [-0.2, -0.15) is 0 Å². The van der Waals surface area contributed by atoms with E-state index >= 15 is 0 Å². The zero-order valence-corrected chi connectivity index (χ0v) is 12.0. The molecule has 1 N–H and O–H groups in total. The highest BCUT2D eigenvalue weighted by molar-refractivity contribution is 7.94. The molecule has 96 valence electrons. The van der Waals surface area contributed by atoms with Gasteiger partial charge in [-0.05, 0) is 37.1 Å². The number of aromatic nitrogens is 1. The maximum absolute atomic E-state index is 12.0. The van der Waals surface area contributed by atoms with E-state index in [2.05, 4.69) is 9.71 Å². The summed E-state index contributed by atoms with van der Waals surface area (Å²) in [4.78, 5) is 5.61. The van der Waals surface area contributed by atoms with Gasteiger partial charge in [0, 0.05) is 4.88 Å². The number of nitrogens with zero attached hydrogens (tertiary/aromatic N) is 1. The number of aryl methyl sites for hydroxylation is 2. The zero-order chi connectivity index (χ0) is 12.6. The smallest absolute Gasteiger partial charge is 0.254 e. The van der Waals surface area contributed by atoms with Crippen LogP contribution in [0.5, 0.6) is 0 Å². The van der Waals surface area contributed by atoms with Crippen LogP contribution in [0.3, 0.4) is 0 Å². The molecule has 2 aromatic heterocycles. The lowest BCUT2D eigenvalue weighted by molar-refractivity contribution is 0.603. The van der Waals surface area contributed by atoms with Crippen molar-refractivity contribution in [1.82, 2.24) is 4.98 Å². The Morgan fingerprint density at radius 3 is 2.83 bits per heavy atom. The number of fused-ring (bicyclic) bond motifs is 1. The Morgan fingerprint density at radius 1 is 1.28 bits per heavy atom. The average molecular weight is 300 g/mol. The van der Waals surface area contributed by atoms with Gasteiger partial charge in [0.1, 0.15) is 4.21 Å². The Balaban J connectivity index is 1.87. The second-order valence-corrected chi connectivity index (χ2v) is 8.07. The zero-order valence-electron chi connectivity index (χ0n) is 9.55. The quantitative estimate of drug-likeness (QED) is 0.948. The molecule has 0 radical (unpaired) electrons. The van der Waals surface area contributed by atoms with Crippen LogP contribution < -0.4 is 4.72 Å². The minimum atomic E-state index is -3.45. The van der Waals surface area contributed by atoms with Crippen molar-refractivity contribution in [3.8, 4) is 0 Å². The summed E-state index contributed by atoms with van der Waals surface area (Å²) in [5.74, 6) is 0. The lowest BCUT2D eigenvalue weighted by Crippen LogP contribution is -2.11. The third-order valence-corrected chi connectivity index (χ3v) is 6.77. The van der Waals surface area contributed by atoms with Crippen LogP contribution in [0.2, 0.25) is 0 Å². The van der Waals surface area contributed by atoms with E-state index in [1.165, 1.54) is 34.0 Å². The predicted molar refractivity (Wildman–Crippen MR) is 73.9 cm³/mol. The summed E-state index contributed by atoms with van der Waals surface area (Å²) in [7, 11) is -3.45. The summed E-state index contributed by atoms with van der Waals surface area (Å²) in [6.45, 7) is 0. The highest BCUT2D eigenvalue weighted by Gasteiger charge is 2.20. The van der Waals surface area contributed by atoms with Crippen molar-refractivity contribution < 1.29 is 8.42 Å². The summed E-state index contributed by atoms with van der Waals surface area (Å²) in [6, 6.07) is 3.33. The van der Waals surface area contributed by atoms with Gasteiger partial charge in [0.25, 0.3) is 10.0 Å². The second-order valence-electron chi connectivity index (χ2n) is 4.13. The molecule has 0 atom stereocenters. The first-order chi connectivity index (χ1) is 8.65. The van der Waals surface area contributed by atoms with Crippen LogP contribution in [-0.2, 0) is 22.9 Å². The number of anilines is 1.